The summed E-state index contributed by atoms with van der Waals surface area (Å²) < 4.78 is 0. The second kappa shape index (κ2) is 19.2. The van der Waals surface area contributed by atoms with Gasteiger partial charge in [-0.25, -0.2) is 0 Å². The number of fused-ring (bicyclic) bond motifs is 3. The van der Waals surface area contributed by atoms with Crippen LogP contribution in [0.1, 0.15) is 0 Å². The fourth-order valence-electron chi connectivity index (χ4n) is 9.58. The molecule has 0 amide bonds. The van der Waals surface area contributed by atoms with Crippen LogP contribution in [0, 0.1) is 0 Å². The summed E-state index contributed by atoms with van der Waals surface area (Å²) >= 11 is 0. The van der Waals surface area contributed by atoms with Gasteiger partial charge in [0, 0.05) is 34.1 Å². The van der Waals surface area contributed by atoms with Gasteiger partial charge in [0.05, 0.1) is 0 Å². The molecule has 68 heavy (non-hydrogen) atoms. The summed E-state index contributed by atoms with van der Waals surface area (Å²) in [5.41, 5.74) is 13.8. The summed E-state index contributed by atoms with van der Waals surface area (Å²) in [6.07, 6.45) is 0. The number of hydrogen-bond donors (Lipinski definition) is 0. The molecule has 0 heterocycles. The first-order chi connectivity index (χ1) is 33.8. The Hall–Kier alpha value is -8.98. The van der Waals surface area contributed by atoms with Crippen molar-refractivity contribution in [3.05, 3.63) is 291 Å². The molecular weight excluding hydrogens is 821 g/mol. The number of hydrogen-bond acceptors (Lipinski definition) is 2. The molecule has 322 valence electrons. The van der Waals surface area contributed by atoms with E-state index >= 15 is 0 Å². The number of nitrogens with zero attached hydrogens (tertiary/aromatic N) is 2. The first-order valence-electron chi connectivity index (χ1n) is 23.3. The van der Waals surface area contributed by atoms with Crippen LogP contribution in [-0.4, -0.2) is 0 Å². The normalized spacial score (nSPS) is 10.9. The molecule has 12 rings (SSSR count). The summed E-state index contributed by atoms with van der Waals surface area (Å²) in [4.78, 5) is 4.74. The molecule has 2 nitrogen and oxygen atoms in total. The van der Waals surface area contributed by atoms with Crippen molar-refractivity contribution in [2.45, 2.75) is 0 Å². The predicted octanol–water partition coefficient (Wildman–Crippen LogP) is 18.8. The maximum Gasteiger partial charge on any atom is 0.0468 e. The van der Waals surface area contributed by atoms with E-state index in [-0.39, 0.29) is 0 Å². The Labute approximate surface area is 398 Å². The van der Waals surface area contributed by atoms with E-state index in [1.54, 1.807) is 0 Å². The van der Waals surface area contributed by atoms with E-state index in [1.807, 2.05) is 36.4 Å². The molecule has 0 unspecified atom stereocenters. The highest BCUT2D eigenvalue weighted by Crippen LogP contribution is 2.49. The van der Waals surface area contributed by atoms with Crippen LogP contribution in [0.3, 0.4) is 0 Å². The van der Waals surface area contributed by atoms with Crippen molar-refractivity contribution >= 4 is 66.4 Å². The summed E-state index contributed by atoms with van der Waals surface area (Å²) in [5, 5.41) is 7.24. The van der Waals surface area contributed by atoms with Crippen LogP contribution in [0.5, 0.6) is 0 Å². The Balaban J connectivity index is 0.000000786. The van der Waals surface area contributed by atoms with Gasteiger partial charge < -0.3 is 9.80 Å². The van der Waals surface area contributed by atoms with Crippen LogP contribution in [0.25, 0.3) is 65.7 Å². The quantitative estimate of drug-likeness (QED) is 0.133. The zero-order valence-corrected chi connectivity index (χ0v) is 37.6. The van der Waals surface area contributed by atoms with Crippen LogP contribution < -0.4 is 9.80 Å². The Bertz CT molecular complexity index is 3510. The molecule has 0 spiro atoms. The molecule has 0 atom stereocenters. The lowest BCUT2D eigenvalue weighted by Gasteiger charge is -2.28. The SMILES string of the molecule is c1ccc(-c2ccc(N(c3ccccc3)c3ccc4c(-c5ccccc5)c5cc(N(c6ccccc6)c6ccccc6)ccc5c(-c5cccc6ccccc56)c4c3)cc2)cc1.c1ccccc1. The van der Waals surface area contributed by atoms with Gasteiger partial charge >= 0.3 is 0 Å². The minimum atomic E-state index is 1.09. The van der Waals surface area contributed by atoms with Crippen LogP contribution >= 0.6 is 0 Å². The molecule has 0 aliphatic heterocycles. The second-order valence-electron chi connectivity index (χ2n) is 16.8. The molecule has 0 fully saturated rings. The fraction of sp³-hybridized carbons (Fsp3) is 0. The standard InChI is InChI=1S/C60H42N2.C6H6/c1-6-19-43(20-7-1)44-33-35-50(36-34-44)62(49-29-14-5-15-30-49)52-37-39-55-58(42-52)60(54-32-18-24-45-21-16-17-31-53(45)54)56-40-38-51(41-57(56)59(55)46-22-8-2-9-23-46)61(47-25-10-3-11-26-47)48-27-12-4-13-28-48;1-2-4-6-5-3-1/h1-42H;1-6H. The van der Waals surface area contributed by atoms with Gasteiger partial charge in [-0.2, -0.15) is 0 Å². The van der Waals surface area contributed by atoms with E-state index < -0.39 is 0 Å². The predicted molar refractivity (Wildman–Crippen MR) is 291 cm³/mol. The van der Waals surface area contributed by atoms with Gasteiger partial charge in [0.15, 0.2) is 0 Å². The van der Waals surface area contributed by atoms with Gasteiger partial charge in [0.25, 0.3) is 0 Å². The Morgan fingerprint density at radius 1 is 0.191 bits per heavy atom. The number of para-hydroxylation sites is 3. The van der Waals surface area contributed by atoms with Crippen molar-refractivity contribution in [3.63, 3.8) is 0 Å². The number of rotatable bonds is 9. The molecule has 0 bridgehead atoms. The zero-order chi connectivity index (χ0) is 45.5. The molecule has 0 N–H and O–H groups in total. The average molecular weight is 869 g/mol. The van der Waals surface area contributed by atoms with Crippen LogP contribution in [0.4, 0.5) is 34.1 Å². The van der Waals surface area contributed by atoms with Gasteiger partial charge in [-0.05, 0) is 138 Å². The largest absolute Gasteiger partial charge is 0.310 e. The third-order valence-electron chi connectivity index (χ3n) is 12.7. The highest BCUT2D eigenvalue weighted by molar-refractivity contribution is 6.24. The summed E-state index contributed by atoms with van der Waals surface area (Å²) in [6, 6.07) is 104. The topological polar surface area (TPSA) is 6.48 Å². The van der Waals surface area contributed by atoms with Gasteiger partial charge in [-0.15, -0.1) is 0 Å². The van der Waals surface area contributed by atoms with E-state index in [0.29, 0.717) is 0 Å². The molecule has 0 aliphatic rings. The van der Waals surface area contributed by atoms with E-state index in [2.05, 4.69) is 265 Å². The van der Waals surface area contributed by atoms with Gasteiger partial charge in [-0.3, -0.25) is 0 Å². The minimum Gasteiger partial charge on any atom is -0.310 e. The van der Waals surface area contributed by atoms with Crippen molar-refractivity contribution in [1.29, 1.82) is 0 Å². The van der Waals surface area contributed by atoms with Gasteiger partial charge in [0.1, 0.15) is 0 Å². The van der Waals surface area contributed by atoms with E-state index in [4.69, 9.17) is 0 Å². The Morgan fingerprint density at radius 2 is 0.544 bits per heavy atom. The summed E-state index contributed by atoms with van der Waals surface area (Å²) in [5.74, 6) is 0. The maximum atomic E-state index is 2.42. The van der Waals surface area contributed by atoms with Crippen molar-refractivity contribution in [1.82, 2.24) is 0 Å². The Morgan fingerprint density at radius 3 is 1.06 bits per heavy atom. The highest BCUT2D eigenvalue weighted by Gasteiger charge is 2.23. The van der Waals surface area contributed by atoms with E-state index in [1.165, 1.54) is 65.7 Å². The van der Waals surface area contributed by atoms with Crippen LogP contribution in [0.2, 0.25) is 0 Å². The van der Waals surface area contributed by atoms with Crippen molar-refractivity contribution < 1.29 is 0 Å². The molecule has 12 aromatic rings. The average Bonchev–Trinajstić information content (AvgIpc) is 3.42. The first-order valence-corrected chi connectivity index (χ1v) is 23.3. The maximum absolute atomic E-state index is 2.42. The van der Waals surface area contributed by atoms with Crippen molar-refractivity contribution in [2.24, 2.45) is 0 Å². The Kier molecular flexibility index (Phi) is 11.8. The molecule has 0 aliphatic carbocycles. The van der Waals surface area contributed by atoms with Gasteiger partial charge in [0.2, 0.25) is 0 Å². The first kappa shape index (κ1) is 41.7. The molecule has 12 aromatic carbocycles. The summed E-state index contributed by atoms with van der Waals surface area (Å²) in [7, 11) is 0. The van der Waals surface area contributed by atoms with E-state index in [0.717, 1.165) is 34.1 Å². The molecule has 0 aromatic heterocycles. The van der Waals surface area contributed by atoms with Crippen molar-refractivity contribution in [2.75, 3.05) is 9.80 Å². The second-order valence-corrected chi connectivity index (χ2v) is 16.8. The molecule has 2 heteroatoms. The molecule has 0 radical (unpaired) electrons. The lowest BCUT2D eigenvalue weighted by molar-refractivity contribution is 1.29. The minimum absolute atomic E-state index is 1.09. The number of anilines is 6. The van der Waals surface area contributed by atoms with Crippen LogP contribution in [0.15, 0.2) is 291 Å². The zero-order valence-electron chi connectivity index (χ0n) is 37.6. The van der Waals surface area contributed by atoms with E-state index in [9.17, 15) is 0 Å². The monoisotopic (exact) mass is 868 g/mol. The smallest absolute Gasteiger partial charge is 0.0468 e. The lowest BCUT2D eigenvalue weighted by atomic mass is 9.84. The third-order valence-corrected chi connectivity index (χ3v) is 12.7. The summed E-state index contributed by atoms with van der Waals surface area (Å²) in [6.45, 7) is 0. The van der Waals surface area contributed by atoms with Crippen molar-refractivity contribution in [3.8, 4) is 33.4 Å². The highest BCUT2D eigenvalue weighted by atomic mass is 15.1. The fourth-order valence-corrected chi connectivity index (χ4v) is 9.58. The molecule has 0 saturated carbocycles. The number of benzene rings is 12. The molecular formula is C66H48N2. The third kappa shape index (κ3) is 8.39. The molecule has 0 saturated heterocycles. The van der Waals surface area contributed by atoms with Crippen LogP contribution in [-0.2, 0) is 0 Å². The lowest BCUT2D eigenvalue weighted by Crippen LogP contribution is -2.10. The van der Waals surface area contributed by atoms with Gasteiger partial charge in [-0.1, -0.05) is 218 Å².